The second-order valence-corrected chi connectivity index (χ2v) is 3.35. The monoisotopic (exact) mass is 210 g/mol. The molecule has 0 aliphatic rings. The Morgan fingerprint density at radius 2 is 2.33 bits per heavy atom. The third kappa shape index (κ3) is 2.66. The number of aromatic nitrogens is 1. The molecule has 5 nitrogen and oxygen atoms in total. The van der Waals surface area contributed by atoms with Crippen LogP contribution in [0.5, 0.6) is 0 Å². The molecule has 5 heteroatoms. The van der Waals surface area contributed by atoms with Crippen molar-refractivity contribution in [3.05, 3.63) is 23.9 Å². The fraction of sp³-hybridized carbons (Fsp3) is 0.400. The van der Waals surface area contributed by atoms with E-state index in [4.69, 9.17) is 10.2 Å². The van der Waals surface area contributed by atoms with Gasteiger partial charge < -0.3 is 15.1 Å². The number of aromatic carboxylic acids is 1. The molecule has 0 spiro atoms. The van der Waals surface area contributed by atoms with Crippen molar-refractivity contribution in [3.8, 4) is 0 Å². The minimum absolute atomic E-state index is 0.00449. The summed E-state index contributed by atoms with van der Waals surface area (Å²) in [7, 11) is 1.76. The van der Waals surface area contributed by atoms with E-state index >= 15 is 0 Å². The van der Waals surface area contributed by atoms with Crippen LogP contribution in [0, 0.1) is 0 Å². The van der Waals surface area contributed by atoms with Crippen molar-refractivity contribution < 1.29 is 15.0 Å². The summed E-state index contributed by atoms with van der Waals surface area (Å²) in [5.74, 6) is -0.444. The number of nitrogens with zero attached hydrogens (tertiary/aromatic N) is 2. The van der Waals surface area contributed by atoms with Crippen LogP contribution in [-0.4, -0.2) is 40.9 Å². The summed E-state index contributed by atoms with van der Waals surface area (Å²) in [5, 5.41) is 17.8. The van der Waals surface area contributed by atoms with E-state index in [1.807, 2.05) is 6.92 Å². The predicted molar refractivity (Wildman–Crippen MR) is 56.1 cm³/mol. The normalized spacial score (nSPS) is 12.2. The van der Waals surface area contributed by atoms with Gasteiger partial charge in [-0.3, -0.25) is 0 Å². The zero-order valence-electron chi connectivity index (χ0n) is 8.71. The van der Waals surface area contributed by atoms with Gasteiger partial charge in [-0.25, -0.2) is 9.78 Å². The van der Waals surface area contributed by atoms with Crippen molar-refractivity contribution >= 4 is 11.8 Å². The highest BCUT2D eigenvalue weighted by atomic mass is 16.4. The van der Waals surface area contributed by atoms with Gasteiger partial charge in [-0.05, 0) is 19.1 Å². The average molecular weight is 210 g/mol. The van der Waals surface area contributed by atoms with Gasteiger partial charge in [-0.15, -0.1) is 0 Å². The van der Waals surface area contributed by atoms with Crippen LogP contribution in [0.3, 0.4) is 0 Å². The first-order valence-electron chi connectivity index (χ1n) is 4.59. The van der Waals surface area contributed by atoms with E-state index in [9.17, 15) is 4.79 Å². The molecule has 0 fully saturated rings. The third-order valence-corrected chi connectivity index (χ3v) is 2.28. The number of hydrogen-bond acceptors (Lipinski definition) is 4. The molecule has 2 N–H and O–H groups in total. The Hall–Kier alpha value is -1.62. The lowest BCUT2D eigenvalue weighted by molar-refractivity contribution is 0.0697. The Morgan fingerprint density at radius 3 is 2.87 bits per heavy atom. The molecule has 1 rings (SSSR count). The van der Waals surface area contributed by atoms with Crippen LogP contribution in [0.2, 0.25) is 0 Å². The summed E-state index contributed by atoms with van der Waals surface area (Å²) in [6.07, 6.45) is 1.44. The van der Waals surface area contributed by atoms with Crippen LogP contribution >= 0.6 is 0 Å². The number of anilines is 1. The molecule has 0 aromatic carbocycles. The van der Waals surface area contributed by atoms with Gasteiger partial charge in [0, 0.05) is 13.2 Å². The maximum Gasteiger partial charge on any atom is 0.335 e. The van der Waals surface area contributed by atoms with Crippen LogP contribution in [0.15, 0.2) is 18.3 Å². The molecule has 15 heavy (non-hydrogen) atoms. The SMILES string of the molecule is CC(CO)N(C)c1cc(C(=O)O)ccn1. The molecular formula is C10H14N2O3. The summed E-state index contributed by atoms with van der Waals surface area (Å²) in [6, 6.07) is 2.82. The smallest absolute Gasteiger partial charge is 0.335 e. The summed E-state index contributed by atoms with van der Waals surface area (Å²) in [4.78, 5) is 16.5. The Kier molecular flexibility index (Phi) is 3.62. The fourth-order valence-corrected chi connectivity index (χ4v) is 1.09. The Morgan fingerprint density at radius 1 is 1.67 bits per heavy atom. The van der Waals surface area contributed by atoms with Gasteiger partial charge in [0.2, 0.25) is 0 Å². The van der Waals surface area contributed by atoms with Crippen LogP contribution in [0.1, 0.15) is 17.3 Å². The quantitative estimate of drug-likeness (QED) is 0.761. The second-order valence-electron chi connectivity index (χ2n) is 3.35. The highest BCUT2D eigenvalue weighted by molar-refractivity contribution is 5.88. The lowest BCUT2D eigenvalue weighted by atomic mass is 10.2. The van der Waals surface area contributed by atoms with Crippen LogP contribution in [-0.2, 0) is 0 Å². The van der Waals surface area contributed by atoms with Crippen molar-refractivity contribution in [1.82, 2.24) is 4.98 Å². The van der Waals surface area contributed by atoms with E-state index < -0.39 is 5.97 Å². The summed E-state index contributed by atoms with van der Waals surface area (Å²) < 4.78 is 0. The number of carboxylic acid groups (broad SMARTS) is 1. The van der Waals surface area contributed by atoms with Crippen molar-refractivity contribution in [3.63, 3.8) is 0 Å². The van der Waals surface area contributed by atoms with Crippen molar-refractivity contribution in [1.29, 1.82) is 0 Å². The molecule has 82 valence electrons. The molecule has 1 atom stereocenters. The number of pyridine rings is 1. The highest BCUT2D eigenvalue weighted by Crippen LogP contribution is 2.13. The zero-order chi connectivity index (χ0) is 11.4. The maximum absolute atomic E-state index is 10.7. The topological polar surface area (TPSA) is 73.7 Å². The first kappa shape index (κ1) is 11.5. The largest absolute Gasteiger partial charge is 0.478 e. The molecule has 0 aliphatic heterocycles. The number of aliphatic hydroxyl groups is 1. The fourth-order valence-electron chi connectivity index (χ4n) is 1.09. The summed E-state index contributed by atoms with van der Waals surface area (Å²) in [6.45, 7) is 1.82. The number of rotatable bonds is 4. The minimum Gasteiger partial charge on any atom is -0.478 e. The van der Waals surface area contributed by atoms with Crippen LogP contribution in [0.4, 0.5) is 5.82 Å². The molecule has 0 radical (unpaired) electrons. The lowest BCUT2D eigenvalue weighted by Gasteiger charge is -2.24. The van der Waals surface area contributed by atoms with E-state index in [0.29, 0.717) is 5.82 Å². The Bertz CT molecular complexity index is 354. The first-order chi connectivity index (χ1) is 7.06. The third-order valence-electron chi connectivity index (χ3n) is 2.28. The van der Waals surface area contributed by atoms with Gasteiger partial charge in [0.25, 0.3) is 0 Å². The minimum atomic E-state index is -0.983. The van der Waals surface area contributed by atoms with Gasteiger partial charge >= 0.3 is 5.97 Å². The van der Waals surface area contributed by atoms with E-state index in [-0.39, 0.29) is 18.2 Å². The number of hydrogen-bond donors (Lipinski definition) is 2. The highest BCUT2D eigenvalue weighted by Gasteiger charge is 2.12. The number of likely N-dealkylation sites (N-methyl/N-ethyl adjacent to an activating group) is 1. The van der Waals surface area contributed by atoms with Crippen molar-refractivity contribution in [2.24, 2.45) is 0 Å². The second kappa shape index (κ2) is 4.75. The number of aliphatic hydroxyl groups excluding tert-OH is 1. The lowest BCUT2D eigenvalue weighted by Crippen LogP contribution is -2.32. The molecule has 0 saturated carbocycles. The Balaban J connectivity index is 2.94. The maximum atomic E-state index is 10.7. The number of carboxylic acids is 1. The molecule has 0 amide bonds. The van der Waals surface area contributed by atoms with E-state index in [0.717, 1.165) is 0 Å². The molecule has 1 unspecified atom stereocenters. The van der Waals surface area contributed by atoms with Crippen molar-refractivity contribution in [2.45, 2.75) is 13.0 Å². The van der Waals surface area contributed by atoms with E-state index in [1.165, 1.54) is 18.3 Å². The molecule has 0 aliphatic carbocycles. The number of carbonyl (C=O) groups is 1. The summed E-state index contributed by atoms with van der Waals surface area (Å²) >= 11 is 0. The molecular weight excluding hydrogens is 196 g/mol. The Labute approximate surface area is 88.0 Å². The summed E-state index contributed by atoms with van der Waals surface area (Å²) in [5.41, 5.74) is 0.192. The van der Waals surface area contributed by atoms with E-state index in [1.54, 1.807) is 11.9 Å². The zero-order valence-corrected chi connectivity index (χ0v) is 8.71. The van der Waals surface area contributed by atoms with Gasteiger partial charge in [0.1, 0.15) is 5.82 Å². The van der Waals surface area contributed by atoms with Crippen LogP contribution in [0.25, 0.3) is 0 Å². The van der Waals surface area contributed by atoms with E-state index in [2.05, 4.69) is 4.98 Å². The average Bonchev–Trinajstić information content (AvgIpc) is 2.27. The standard InChI is InChI=1S/C10H14N2O3/c1-7(6-13)12(2)9-5-8(10(14)15)3-4-11-9/h3-5,7,13H,6H2,1-2H3,(H,14,15). The molecule has 0 bridgehead atoms. The van der Waals surface area contributed by atoms with Gasteiger partial charge in [-0.2, -0.15) is 0 Å². The first-order valence-corrected chi connectivity index (χ1v) is 4.59. The van der Waals surface area contributed by atoms with Crippen molar-refractivity contribution in [2.75, 3.05) is 18.6 Å². The van der Waals surface area contributed by atoms with Gasteiger partial charge in [-0.1, -0.05) is 0 Å². The van der Waals surface area contributed by atoms with Gasteiger partial charge in [0.15, 0.2) is 0 Å². The molecule has 1 aromatic rings. The van der Waals surface area contributed by atoms with Crippen LogP contribution < -0.4 is 4.90 Å². The predicted octanol–water partition coefficient (Wildman–Crippen LogP) is 0.597. The molecule has 0 saturated heterocycles. The molecule has 1 aromatic heterocycles. The molecule has 1 heterocycles. The van der Waals surface area contributed by atoms with Gasteiger partial charge in [0.05, 0.1) is 18.2 Å².